The van der Waals surface area contributed by atoms with Crippen LogP contribution in [0.2, 0.25) is 0 Å². The number of rotatable bonds is 6. The van der Waals surface area contributed by atoms with Crippen molar-refractivity contribution in [1.29, 1.82) is 0 Å². The summed E-state index contributed by atoms with van der Waals surface area (Å²) in [5.74, 6) is -0.617. The van der Waals surface area contributed by atoms with E-state index in [1.165, 1.54) is 18.3 Å². The summed E-state index contributed by atoms with van der Waals surface area (Å²) in [5, 5.41) is 3.05. The van der Waals surface area contributed by atoms with E-state index >= 15 is 0 Å². The highest BCUT2D eigenvalue weighted by Gasteiger charge is 2.19. The Bertz CT molecular complexity index is 434. The first-order chi connectivity index (χ1) is 8.58. The highest BCUT2D eigenvalue weighted by Crippen LogP contribution is 2.25. The molecule has 1 heterocycles. The Hall–Kier alpha value is -0.700. The van der Waals surface area contributed by atoms with E-state index in [0.717, 1.165) is 22.1 Å². The number of amides is 1. The fourth-order valence-corrected chi connectivity index (χ4v) is 2.73. The Balaban J connectivity index is 2.92. The van der Waals surface area contributed by atoms with E-state index in [1.54, 1.807) is 6.92 Å². The normalized spacial score (nSPS) is 10.2. The number of aryl methyl sites for hydroxylation is 1. The maximum Gasteiger partial charge on any atom is 0.358 e. The van der Waals surface area contributed by atoms with Crippen molar-refractivity contribution in [2.75, 3.05) is 16.4 Å². The zero-order valence-corrected chi connectivity index (χ0v) is 13.3. The second-order valence-electron chi connectivity index (χ2n) is 3.48. The van der Waals surface area contributed by atoms with E-state index in [4.69, 9.17) is 4.74 Å². The molecule has 0 unspecified atom stereocenters. The van der Waals surface area contributed by atoms with Gasteiger partial charge in [0.15, 0.2) is 10.8 Å². The maximum atomic E-state index is 11.7. The van der Waals surface area contributed by atoms with Crippen LogP contribution in [0, 0.1) is 0 Å². The fraction of sp³-hybridized carbons (Fsp3) is 0.545. The molecule has 0 aliphatic rings. The molecule has 0 spiro atoms. The van der Waals surface area contributed by atoms with Gasteiger partial charge in [-0.15, -0.1) is 11.3 Å². The zero-order chi connectivity index (χ0) is 13.5. The second kappa shape index (κ2) is 7.67. The molecule has 100 valence electrons. The third-order valence-electron chi connectivity index (χ3n) is 1.99. The molecule has 0 aromatic carbocycles. The third kappa shape index (κ3) is 4.52. The molecule has 0 radical (unpaired) electrons. The average molecular weight is 382 g/mol. The van der Waals surface area contributed by atoms with Crippen molar-refractivity contribution >= 4 is 50.9 Å². The number of alkyl halides is 1. The van der Waals surface area contributed by atoms with Gasteiger partial charge in [0.2, 0.25) is 5.91 Å². The Morgan fingerprint density at radius 3 is 2.78 bits per heavy atom. The van der Waals surface area contributed by atoms with Gasteiger partial charge in [0, 0.05) is 11.8 Å². The molecule has 1 rings (SSSR count). The number of anilines is 1. The number of carbonyl (C=O) groups excluding carboxylic acids is 2. The Morgan fingerprint density at radius 1 is 1.50 bits per heavy atom. The molecule has 5 nitrogen and oxygen atoms in total. The number of hydrogen-bond acceptors (Lipinski definition) is 5. The van der Waals surface area contributed by atoms with E-state index in [1.807, 2.05) is 0 Å². The van der Waals surface area contributed by atoms with Gasteiger partial charge in [-0.3, -0.25) is 4.79 Å². The van der Waals surface area contributed by atoms with Crippen molar-refractivity contribution in [3.63, 3.8) is 0 Å². The van der Waals surface area contributed by atoms with Crippen molar-refractivity contribution in [3.8, 4) is 0 Å². The lowest BCUT2D eigenvalue weighted by atomic mass is 10.2. The lowest BCUT2D eigenvalue weighted by Gasteiger charge is -2.00. The first-order valence-corrected chi connectivity index (χ1v) is 7.93. The molecule has 7 heteroatoms. The number of thiazole rings is 1. The molecule has 1 aromatic rings. The molecular formula is C11H15IN2O3S. The smallest absolute Gasteiger partial charge is 0.358 e. The summed E-state index contributed by atoms with van der Waals surface area (Å²) in [4.78, 5) is 27.7. The molecule has 0 bridgehead atoms. The van der Waals surface area contributed by atoms with Crippen LogP contribution in [0.3, 0.4) is 0 Å². The van der Waals surface area contributed by atoms with Crippen LogP contribution >= 0.6 is 33.9 Å². The van der Waals surface area contributed by atoms with Crippen molar-refractivity contribution < 1.29 is 14.3 Å². The Morgan fingerprint density at radius 2 is 2.22 bits per heavy atom. The number of ether oxygens (including phenoxy) is 1. The summed E-state index contributed by atoms with van der Waals surface area (Å²) in [6.07, 6.45) is 1.74. The molecule has 0 aliphatic carbocycles. The van der Waals surface area contributed by atoms with Gasteiger partial charge in [0.05, 0.1) is 6.61 Å². The van der Waals surface area contributed by atoms with Crippen LogP contribution in [0.5, 0.6) is 0 Å². The summed E-state index contributed by atoms with van der Waals surface area (Å²) < 4.78 is 5.96. The number of halogens is 1. The molecule has 0 saturated heterocycles. The molecule has 0 saturated carbocycles. The van der Waals surface area contributed by atoms with E-state index in [0.29, 0.717) is 17.4 Å². The third-order valence-corrected chi connectivity index (χ3v) is 3.78. The van der Waals surface area contributed by atoms with Crippen LogP contribution in [0.15, 0.2) is 0 Å². The fourth-order valence-electron chi connectivity index (χ4n) is 1.31. The highest BCUT2D eigenvalue weighted by molar-refractivity contribution is 14.1. The van der Waals surface area contributed by atoms with Gasteiger partial charge in [0.25, 0.3) is 0 Å². The van der Waals surface area contributed by atoms with Crippen LogP contribution in [0.1, 0.15) is 35.6 Å². The summed E-state index contributed by atoms with van der Waals surface area (Å²) in [7, 11) is 0. The van der Waals surface area contributed by atoms with Crippen molar-refractivity contribution in [1.82, 2.24) is 4.98 Å². The largest absolute Gasteiger partial charge is 0.461 e. The molecule has 18 heavy (non-hydrogen) atoms. The SMILES string of the molecule is CCOC(=O)c1nc(NC(C)=O)sc1CCCI. The van der Waals surface area contributed by atoms with E-state index in [9.17, 15) is 9.59 Å². The van der Waals surface area contributed by atoms with Crippen molar-refractivity contribution in [2.24, 2.45) is 0 Å². The minimum absolute atomic E-state index is 0.195. The second-order valence-corrected chi connectivity index (χ2v) is 5.65. The van der Waals surface area contributed by atoms with E-state index < -0.39 is 5.97 Å². The predicted octanol–water partition coefficient (Wildman–Crippen LogP) is 2.65. The van der Waals surface area contributed by atoms with E-state index in [-0.39, 0.29) is 5.91 Å². The minimum Gasteiger partial charge on any atom is -0.461 e. The van der Waals surface area contributed by atoms with Crippen molar-refractivity contribution in [3.05, 3.63) is 10.6 Å². The number of nitrogens with zero attached hydrogens (tertiary/aromatic N) is 1. The lowest BCUT2D eigenvalue weighted by Crippen LogP contribution is -2.09. The van der Waals surface area contributed by atoms with Crippen LogP contribution in [0.4, 0.5) is 5.13 Å². The van der Waals surface area contributed by atoms with Crippen molar-refractivity contribution in [2.45, 2.75) is 26.7 Å². The molecule has 0 aliphatic heterocycles. The molecular weight excluding hydrogens is 367 g/mol. The van der Waals surface area contributed by atoms with Crippen LogP contribution in [0.25, 0.3) is 0 Å². The quantitative estimate of drug-likeness (QED) is 0.467. The summed E-state index contributed by atoms with van der Waals surface area (Å²) in [6, 6.07) is 0. The topological polar surface area (TPSA) is 68.3 Å². The summed E-state index contributed by atoms with van der Waals surface area (Å²) in [5.41, 5.74) is 0.329. The van der Waals surface area contributed by atoms with Gasteiger partial charge in [-0.1, -0.05) is 22.6 Å². The maximum absolute atomic E-state index is 11.7. The van der Waals surface area contributed by atoms with Gasteiger partial charge < -0.3 is 10.1 Å². The highest BCUT2D eigenvalue weighted by atomic mass is 127. The molecule has 1 aromatic heterocycles. The molecule has 1 N–H and O–H groups in total. The Kier molecular flexibility index (Phi) is 6.55. The van der Waals surface area contributed by atoms with Gasteiger partial charge in [-0.25, -0.2) is 9.78 Å². The number of hydrogen-bond donors (Lipinski definition) is 1. The standard InChI is InChI=1S/C11H15IN2O3S/c1-3-17-10(16)9-8(5-4-6-12)18-11(14-9)13-7(2)15/h3-6H2,1-2H3,(H,13,14,15). The first kappa shape index (κ1) is 15.4. The number of nitrogens with one attached hydrogen (secondary N) is 1. The van der Waals surface area contributed by atoms with Gasteiger partial charge in [-0.05, 0) is 24.2 Å². The number of esters is 1. The Labute approximate surface area is 123 Å². The summed E-state index contributed by atoms with van der Waals surface area (Å²) in [6.45, 7) is 3.48. The predicted molar refractivity (Wildman–Crippen MR) is 79.6 cm³/mol. The average Bonchev–Trinajstić information content (AvgIpc) is 2.69. The molecule has 1 amide bonds. The van der Waals surface area contributed by atoms with Gasteiger partial charge in [0.1, 0.15) is 0 Å². The number of aromatic nitrogens is 1. The molecule has 0 atom stereocenters. The lowest BCUT2D eigenvalue weighted by molar-refractivity contribution is -0.114. The number of carbonyl (C=O) groups is 2. The first-order valence-electron chi connectivity index (χ1n) is 5.58. The van der Waals surface area contributed by atoms with Gasteiger partial charge >= 0.3 is 5.97 Å². The van der Waals surface area contributed by atoms with Crippen LogP contribution < -0.4 is 5.32 Å². The zero-order valence-electron chi connectivity index (χ0n) is 10.3. The van der Waals surface area contributed by atoms with E-state index in [2.05, 4.69) is 32.9 Å². The van der Waals surface area contributed by atoms with Crippen LogP contribution in [-0.4, -0.2) is 27.9 Å². The minimum atomic E-state index is -0.422. The summed E-state index contributed by atoms with van der Waals surface area (Å²) >= 11 is 3.62. The van der Waals surface area contributed by atoms with Gasteiger partial charge in [-0.2, -0.15) is 0 Å². The molecule has 0 fully saturated rings. The van der Waals surface area contributed by atoms with Crippen LogP contribution in [-0.2, 0) is 16.0 Å². The monoisotopic (exact) mass is 382 g/mol.